The minimum absolute atomic E-state index is 0.0161. The summed E-state index contributed by atoms with van der Waals surface area (Å²) >= 11 is 1.15. The summed E-state index contributed by atoms with van der Waals surface area (Å²) in [6.07, 6.45) is -3.39. The third-order valence-corrected chi connectivity index (χ3v) is 7.39. The Kier molecular flexibility index (Phi) is 7.56. The lowest BCUT2D eigenvalue weighted by atomic mass is 10.1. The summed E-state index contributed by atoms with van der Waals surface area (Å²) < 4.78 is 67.2. The summed E-state index contributed by atoms with van der Waals surface area (Å²) in [6.45, 7) is 5.24. The standard InChI is InChI=1S/C21H22F3N5O3S2/c1-12(2)19-27-28-20(33-19)29-34(31,32)15-6-4-14(5-7-15)8-10-26-18(30)17-13(3)25-11-9-16(17)21(22,23)24/h4-7,9,11-12H,8,10H2,1-3H3,(H,26,30)(H,28,29). The molecule has 2 N–H and O–H groups in total. The lowest BCUT2D eigenvalue weighted by Crippen LogP contribution is -2.29. The van der Waals surface area contributed by atoms with E-state index in [4.69, 9.17) is 0 Å². The maximum atomic E-state index is 13.2. The molecular formula is C21H22F3N5O3S2. The number of carbonyl (C=O) groups excluding carboxylic acids is 1. The molecule has 1 aromatic carbocycles. The van der Waals surface area contributed by atoms with Crippen molar-refractivity contribution < 1.29 is 26.4 Å². The third kappa shape index (κ3) is 6.08. The van der Waals surface area contributed by atoms with Crippen LogP contribution in [0.2, 0.25) is 0 Å². The number of nitrogens with one attached hydrogen (secondary N) is 2. The van der Waals surface area contributed by atoms with Crippen molar-refractivity contribution in [3.63, 3.8) is 0 Å². The monoisotopic (exact) mass is 513 g/mol. The van der Waals surface area contributed by atoms with Gasteiger partial charge in [0.1, 0.15) is 5.01 Å². The van der Waals surface area contributed by atoms with Gasteiger partial charge in [0.25, 0.3) is 15.9 Å². The molecule has 0 atom stereocenters. The molecule has 0 saturated heterocycles. The molecule has 8 nitrogen and oxygen atoms in total. The Morgan fingerprint density at radius 3 is 2.38 bits per heavy atom. The minimum Gasteiger partial charge on any atom is -0.352 e. The van der Waals surface area contributed by atoms with E-state index >= 15 is 0 Å². The average Bonchev–Trinajstić information content (AvgIpc) is 3.21. The number of rotatable bonds is 8. The Bertz CT molecular complexity index is 1270. The zero-order valence-corrected chi connectivity index (χ0v) is 20.1. The largest absolute Gasteiger partial charge is 0.417 e. The minimum atomic E-state index is -4.68. The predicted octanol–water partition coefficient (Wildman–Crippen LogP) is 4.16. The summed E-state index contributed by atoms with van der Waals surface area (Å²) in [7, 11) is -3.86. The van der Waals surface area contributed by atoms with Crippen LogP contribution in [0.4, 0.5) is 18.3 Å². The summed E-state index contributed by atoms with van der Waals surface area (Å²) in [5.74, 6) is -0.753. The molecule has 0 unspecified atom stereocenters. The first-order valence-corrected chi connectivity index (χ1v) is 12.4. The van der Waals surface area contributed by atoms with Crippen molar-refractivity contribution in [1.82, 2.24) is 20.5 Å². The number of aromatic nitrogens is 3. The van der Waals surface area contributed by atoms with Gasteiger partial charge in [-0.1, -0.05) is 37.3 Å². The van der Waals surface area contributed by atoms with Gasteiger partial charge < -0.3 is 5.32 Å². The van der Waals surface area contributed by atoms with Crippen molar-refractivity contribution in [2.45, 2.75) is 44.2 Å². The first-order chi connectivity index (χ1) is 15.9. The summed E-state index contributed by atoms with van der Waals surface area (Å²) in [5, 5.41) is 11.1. The smallest absolute Gasteiger partial charge is 0.352 e. The quantitative estimate of drug-likeness (QED) is 0.468. The van der Waals surface area contributed by atoms with Crippen LogP contribution in [0.15, 0.2) is 41.4 Å². The molecule has 0 saturated carbocycles. The molecule has 182 valence electrons. The number of hydrogen-bond acceptors (Lipinski definition) is 7. The van der Waals surface area contributed by atoms with Crippen molar-refractivity contribution >= 4 is 32.4 Å². The van der Waals surface area contributed by atoms with Crippen molar-refractivity contribution in [2.24, 2.45) is 0 Å². The number of amides is 1. The summed E-state index contributed by atoms with van der Waals surface area (Å²) in [6, 6.07) is 6.70. The molecule has 3 rings (SSSR count). The third-order valence-electron chi connectivity index (χ3n) is 4.76. The zero-order valence-electron chi connectivity index (χ0n) is 18.5. The Morgan fingerprint density at radius 1 is 1.12 bits per heavy atom. The molecule has 0 aliphatic heterocycles. The van der Waals surface area contributed by atoms with Gasteiger partial charge in [-0.3, -0.25) is 14.5 Å². The van der Waals surface area contributed by atoms with E-state index in [2.05, 4.69) is 25.2 Å². The highest BCUT2D eigenvalue weighted by Crippen LogP contribution is 2.32. The SMILES string of the molecule is Cc1nccc(C(F)(F)F)c1C(=O)NCCc1ccc(S(=O)(=O)Nc2nnc(C(C)C)s2)cc1. The highest BCUT2D eigenvalue weighted by atomic mass is 32.2. The molecule has 0 bridgehead atoms. The summed E-state index contributed by atoms with van der Waals surface area (Å²) in [5.41, 5.74) is -0.892. The molecule has 0 aliphatic carbocycles. The van der Waals surface area contributed by atoms with Gasteiger partial charge in [-0.25, -0.2) is 8.42 Å². The first-order valence-electron chi connectivity index (χ1n) is 10.1. The van der Waals surface area contributed by atoms with Crippen LogP contribution in [0.5, 0.6) is 0 Å². The number of halogens is 3. The van der Waals surface area contributed by atoms with Crippen LogP contribution in [-0.4, -0.2) is 36.1 Å². The van der Waals surface area contributed by atoms with E-state index in [9.17, 15) is 26.4 Å². The van der Waals surface area contributed by atoms with Gasteiger partial charge in [-0.05, 0) is 37.1 Å². The highest BCUT2D eigenvalue weighted by molar-refractivity contribution is 7.93. The van der Waals surface area contributed by atoms with E-state index in [1.165, 1.54) is 19.1 Å². The molecule has 1 amide bonds. The molecule has 0 spiro atoms. The number of anilines is 1. The maximum Gasteiger partial charge on any atom is 0.417 e. The van der Waals surface area contributed by atoms with Crippen molar-refractivity contribution in [2.75, 3.05) is 11.3 Å². The fourth-order valence-electron chi connectivity index (χ4n) is 3.02. The Balaban J connectivity index is 1.62. The first kappa shape index (κ1) is 25.6. The van der Waals surface area contributed by atoms with E-state index in [-0.39, 0.29) is 34.6 Å². The Morgan fingerprint density at radius 2 is 1.79 bits per heavy atom. The van der Waals surface area contributed by atoms with Gasteiger partial charge in [-0.2, -0.15) is 13.2 Å². The van der Waals surface area contributed by atoms with Crippen LogP contribution >= 0.6 is 11.3 Å². The second-order valence-electron chi connectivity index (χ2n) is 7.67. The van der Waals surface area contributed by atoms with Gasteiger partial charge in [0.05, 0.1) is 21.7 Å². The number of benzene rings is 1. The van der Waals surface area contributed by atoms with E-state index in [0.717, 1.165) is 23.6 Å². The topological polar surface area (TPSA) is 114 Å². The van der Waals surface area contributed by atoms with Crippen molar-refractivity contribution in [1.29, 1.82) is 0 Å². The summed E-state index contributed by atoms with van der Waals surface area (Å²) in [4.78, 5) is 16.2. The molecule has 34 heavy (non-hydrogen) atoms. The van der Waals surface area contributed by atoms with Crippen LogP contribution in [0, 0.1) is 6.92 Å². The van der Waals surface area contributed by atoms with E-state index in [1.807, 2.05) is 13.8 Å². The number of pyridine rings is 1. The van der Waals surface area contributed by atoms with Crippen molar-refractivity contribution in [3.05, 3.63) is 63.9 Å². The molecule has 0 radical (unpaired) electrons. The molecule has 3 aromatic rings. The second kappa shape index (κ2) is 10.1. The second-order valence-corrected chi connectivity index (χ2v) is 10.4. The fraction of sp³-hybridized carbons (Fsp3) is 0.333. The van der Waals surface area contributed by atoms with Crippen LogP contribution < -0.4 is 10.0 Å². The number of sulfonamides is 1. The fourth-order valence-corrected chi connectivity index (χ4v) is 4.99. The van der Waals surface area contributed by atoms with Crippen LogP contribution in [0.3, 0.4) is 0 Å². The Hall–Kier alpha value is -3.06. The molecule has 0 fully saturated rings. The van der Waals surface area contributed by atoms with Crippen LogP contribution in [-0.2, 0) is 22.6 Å². The number of aryl methyl sites for hydroxylation is 1. The molecule has 13 heteroatoms. The number of carbonyl (C=O) groups is 1. The maximum absolute atomic E-state index is 13.2. The Labute approximate surface area is 198 Å². The average molecular weight is 514 g/mol. The molecular weight excluding hydrogens is 491 g/mol. The predicted molar refractivity (Wildman–Crippen MR) is 121 cm³/mol. The molecule has 0 aliphatic rings. The van der Waals surface area contributed by atoms with Crippen molar-refractivity contribution in [3.8, 4) is 0 Å². The number of alkyl halides is 3. The van der Waals surface area contributed by atoms with Crippen LogP contribution in [0.25, 0.3) is 0 Å². The number of nitrogens with zero attached hydrogens (tertiary/aromatic N) is 3. The molecule has 2 aromatic heterocycles. The van der Waals surface area contributed by atoms with E-state index in [0.29, 0.717) is 10.6 Å². The highest BCUT2D eigenvalue weighted by Gasteiger charge is 2.36. The lowest BCUT2D eigenvalue weighted by molar-refractivity contribution is -0.138. The van der Waals surface area contributed by atoms with Gasteiger partial charge in [-0.15, -0.1) is 10.2 Å². The van der Waals surface area contributed by atoms with Gasteiger partial charge in [0.15, 0.2) is 0 Å². The van der Waals surface area contributed by atoms with E-state index in [1.54, 1.807) is 12.1 Å². The van der Waals surface area contributed by atoms with Crippen LogP contribution in [0.1, 0.15) is 52.0 Å². The molecule has 2 heterocycles. The normalized spacial score (nSPS) is 12.1. The zero-order chi connectivity index (χ0) is 25.1. The van der Waals surface area contributed by atoms with E-state index < -0.39 is 33.2 Å². The van der Waals surface area contributed by atoms with Gasteiger partial charge in [0.2, 0.25) is 5.13 Å². The van der Waals surface area contributed by atoms with Gasteiger partial charge in [0, 0.05) is 18.7 Å². The van der Waals surface area contributed by atoms with Gasteiger partial charge >= 0.3 is 6.18 Å². The lowest BCUT2D eigenvalue weighted by Gasteiger charge is -2.14. The number of hydrogen-bond donors (Lipinski definition) is 2.